The van der Waals surface area contributed by atoms with Crippen LogP contribution in [0, 0.1) is 5.92 Å². The molecule has 2 fully saturated rings. The number of carbonyl (C=O) groups excluding carboxylic acids is 2. The molecule has 1 aliphatic carbocycles. The second-order valence-corrected chi connectivity index (χ2v) is 7.44. The lowest BCUT2D eigenvalue weighted by Gasteiger charge is -2.35. The number of nitrogens with zero attached hydrogens (tertiary/aromatic N) is 2. The van der Waals surface area contributed by atoms with Crippen molar-refractivity contribution in [3.05, 3.63) is 35.4 Å². The number of halogens is 3. The smallest absolute Gasteiger partial charge is 0.339 e. The monoisotopic (exact) mass is 382 g/mol. The van der Waals surface area contributed by atoms with E-state index in [1.807, 2.05) is 0 Å². The number of hydrogen-bond donors (Lipinski definition) is 0. The van der Waals surface area contributed by atoms with Gasteiger partial charge in [-0.05, 0) is 30.5 Å². The topological polar surface area (TPSA) is 40.6 Å². The normalized spacial score (nSPS) is 18.8. The first-order chi connectivity index (χ1) is 12.8. The molecule has 148 valence electrons. The lowest BCUT2D eigenvalue weighted by Crippen LogP contribution is -2.50. The largest absolute Gasteiger partial charge is 0.416 e. The van der Waals surface area contributed by atoms with E-state index >= 15 is 0 Å². The first-order valence-electron chi connectivity index (χ1n) is 9.59. The summed E-state index contributed by atoms with van der Waals surface area (Å²) in [7, 11) is 0. The summed E-state index contributed by atoms with van der Waals surface area (Å²) < 4.78 is 38.5. The second-order valence-electron chi connectivity index (χ2n) is 7.44. The number of benzene rings is 1. The van der Waals surface area contributed by atoms with Crippen LogP contribution in [-0.2, 0) is 11.0 Å². The first kappa shape index (κ1) is 19.7. The molecule has 2 amide bonds. The Kier molecular flexibility index (Phi) is 6.07. The molecule has 0 atom stereocenters. The van der Waals surface area contributed by atoms with Gasteiger partial charge in [0.15, 0.2) is 0 Å². The zero-order valence-corrected chi connectivity index (χ0v) is 15.3. The molecule has 1 aromatic carbocycles. The molecule has 0 radical (unpaired) electrons. The van der Waals surface area contributed by atoms with Gasteiger partial charge in [-0.25, -0.2) is 0 Å². The molecule has 1 saturated carbocycles. The van der Waals surface area contributed by atoms with Crippen molar-refractivity contribution in [3.8, 4) is 0 Å². The van der Waals surface area contributed by atoms with Crippen molar-refractivity contribution in [2.24, 2.45) is 5.92 Å². The van der Waals surface area contributed by atoms with Crippen LogP contribution in [0.2, 0.25) is 0 Å². The van der Waals surface area contributed by atoms with Crippen LogP contribution in [0.1, 0.15) is 54.4 Å². The SMILES string of the molecule is O=C(CCC1CCCC1)N1CCN(C(=O)c2cccc(C(F)(F)F)c2)CC1. The summed E-state index contributed by atoms with van der Waals surface area (Å²) in [6, 6.07) is 4.49. The molecule has 7 heteroatoms. The van der Waals surface area contributed by atoms with Gasteiger partial charge < -0.3 is 9.80 Å². The highest BCUT2D eigenvalue weighted by molar-refractivity contribution is 5.94. The van der Waals surface area contributed by atoms with E-state index in [9.17, 15) is 22.8 Å². The van der Waals surface area contributed by atoms with Gasteiger partial charge in [-0.2, -0.15) is 13.2 Å². The maximum Gasteiger partial charge on any atom is 0.416 e. The van der Waals surface area contributed by atoms with Crippen LogP contribution in [0.25, 0.3) is 0 Å². The summed E-state index contributed by atoms with van der Waals surface area (Å²) in [5.74, 6) is 0.366. The van der Waals surface area contributed by atoms with Gasteiger partial charge in [0, 0.05) is 38.2 Å². The Morgan fingerprint density at radius 1 is 1.00 bits per heavy atom. The fourth-order valence-electron chi connectivity index (χ4n) is 3.95. The standard InChI is InChI=1S/C20H25F3N2O2/c21-20(22,23)17-7-3-6-16(14-17)19(27)25-12-10-24(11-13-25)18(26)9-8-15-4-1-2-5-15/h3,6-7,14-15H,1-2,4-5,8-13H2. The molecule has 0 aromatic heterocycles. The zero-order chi connectivity index (χ0) is 19.4. The third-order valence-electron chi connectivity index (χ3n) is 5.60. The third kappa shape index (κ3) is 5.02. The van der Waals surface area contributed by atoms with E-state index in [0.717, 1.165) is 18.6 Å². The van der Waals surface area contributed by atoms with E-state index in [1.54, 1.807) is 4.90 Å². The Balaban J connectivity index is 1.51. The predicted octanol–water partition coefficient (Wildman–Crippen LogP) is 3.96. The molecule has 1 heterocycles. The van der Waals surface area contributed by atoms with Crippen LogP contribution < -0.4 is 0 Å². The van der Waals surface area contributed by atoms with Crippen molar-refractivity contribution in [2.45, 2.75) is 44.7 Å². The summed E-state index contributed by atoms with van der Waals surface area (Å²) in [5.41, 5.74) is -0.792. The quantitative estimate of drug-likeness (QED) is 0.791. The Hall–Kier alpha value is -2.05. The van der Waals surface area contributed by atoms with E-state index in [-0.39, 0.29) is 11.5 Å². The molecule has 3 rings (SSSR count). The van der Waals surface area contributed by atoms with Crippen molar-refractivity contribution in [1.82, 2.24) is 9.80 Å². The van der Waals surface area contributed by atoms with Crippen molar-refractivity contribution in [2.75, 3.05) is 26.2 Å². The van der Waals surface area contributed by atoms with Gasteiger partial charge in [-0.3, -0.25) is 9.59 Å². The summed E-state index contributed by atoms with van der Waals surface area (Å²) >= 11 is 0. The minimum atomic E-state index is -4.47. The van der Waals surface area contributed by atoms with Crippen LogP contribution >= 0.6 is 0 Å². The van der Waals surface area contributed by atoms with Crippen molar-refractivity contribution < 1.29 is 22.8 Å². The van der Waals surface area contributed by atoms with Crippen LogP contribution in [0.15, 0.2) is 24.3 Å². The zero-order valence-electron chi connectivity index (χ0n) is 15.3. The molecule has 0 bridgehead atoms. The molecule has 0 unspecified atom stereocenters. The Bertz CT molecular complexity index is 676. The number of hydrogen-bond acceptors (Lipinski definition) is 2. The highest BCUT2D eigenvalue weighted by Crippen LogP contribution is 2.30. The van der Waals surface area contributed by atoms with Gasteiger partial charge in [-0.15, -0.1) is 0 Å². The average molecular weight is 382 g/mol. The Morgan fingerprint density at radius 3 is 2.26 bits per heavy atom. The predicted molar refractivity (Wildman–Crippen MR) is 95.1 cm³/mol. The highest BCUT2D eigenvalue weighted by atomic mass is 19.4. The Morgan fingerprint density at radius 2 is 1.63 bits per heavy atom. The number of amides is 2. The van der Waals surface area contributed by atoms with E-state index in [4.69, 9.17) is 0 Å². The van der Waals surface area contributed by atoms with Crippen molar-refractivity contribution in [3.63, 3.8) is 0 Å². The van der Waals surface area contributed by atoms with Crippen LogP contribution in [0.4, 0.5) is 13.2 Å². The number of alkyl halides is 3. The lowest BCUT2D eigenvalue weighted by molar-refractivity contribution is -0.137. The highest BCUT2D eigenvalue weighted by Gasteiger charge is 2.32. The number of piperazine rings is 1. The van der Waals surface area contributed by atoms with Gasteiger partial charge in [0.2, 0.25) is 5.91 Å². The summed E-state index contributed by atoms with van der Waals surface area (Å²) in [5, 5.41) is 0. The molecule has 0 spiro atoms. The lowest BCUT2D eigenvalue weighted by atomic mass is 10.0. The third-order valence-corrected chi connectivity index (χ3v) is 5.60. The van der Waals surface area contributed by atoms with Crippen molar-refractivity contribution >= 4 is 11.8 Å². The van der Waals surface area contributed by atoms with Crippen molar-refractivity contribution in [1.29, 1.82) is 0 Å². The minimum absolute atomic E-state index is 0.0332. The van der Waals surface area contributed by atoms with Crippen LogP contribution in [0.3, 0.4) is 0 Å². The molecule has 27 heavy (non-hydrogen) atoms. The number of rotatable bonds is 4. The average Bonchev–Trinajstić information content (AvgIpc) is 3.19. The van der Waals surface area contributed by atoms with Gasteiger partial charge in [-0.1, -0.05) is 31.7 Å². The molecule has 0 N–H and O–H groups in total. The maximum absolute atomic E-state index is 12.8. The molecule has 1 aliphatic heterocycles. The van der Waals surface area contributed by atoms with E-state index in [2.05, 4.69) is 0 Å². The molecule has 2 aliphatic rings. The second kappa shape index (κ2) is 8.31. The van der Waals surface area contributed by atoms with Gasteiger partial charge >= 0.3 is 6.18 Å². The van der Waals surface area contributed by atoms with Gasteiger partial charge in [0.05, 0.1) is 5.56 Å². The fraction of sp³-hybridized carbons (Fsp3) is 0.600. The minimum Gasteiger partial charge on any atom is -0.339 e. The summed E-state index contributed by atoms with van der Waals surface area (Å²) in [4.78, 5) is 28.2. The maximum atomic E-state index is 12.8. The molecular weight excluding hydrogens is 357 g/mol. The summed E-state index contributed by atoms with van der Waals surface area (Å²) in [6.45, 7) is 1.58. The van der Waals surface area contributed by atoms with Gasteiger partial charge in [0.1, 0.15) is 0 Å². The summed E-state index contributed by atoms with van der Waals surface area (Å²) in [6.07, 6.45) is 1.96. The van der Waals surface area contributed by atoms with Crippen LogP contribution in [-0.4, -0.2) is 47.8 Å². The molecular formula is C20H25F3N2O2. The molecule has 4 nitrogen and oxygen atoms in total. The van der Waals surface area contributed by atoms with E-state index < -0.39 is 17.6 Å². The van der Waals surface area contributed by atoms with E-state index in [1.165, 1.54) is 42.7 Å². The van der Waals surface area contributed by atoms with Gasteiger partial charge in [0.25, 0.3) is 5.91 Å². The van der Waals surface area contributed by atoms with Crippen LogP contribution in [0.5, 0.6) is 0 Å². The number of carbonyl (C=O) groups is 2. The van der Waals surface area contributed by atoms with E-state index in [0.29, 0.717) is 38.5 Å². The first-order valence-corrected chi connectivity index (χ1v) is 9.59. The Labute approximate surface area is 157 Å². The molecule has 1 aromatic rings. The molecule has 1 saturated heterocycles. The fourth-order valence-corrected chi connectivity index (χ4v) is 3.95.